The molecule has 2 atom stereocenters. The molecule has 68 valence electrons. The van der Waals surface area contributed by atoms with E-state index in [4.69, 9.17) is 9.47 Å². The highest BCUT2D eigenvalue weighted by Crippen LogP contribution is 1.99. The van der Waals surface area contributed by atoms with Gasteiger partial charge in [-0.3, -0.25) is 0 Å². The van der Waals surface area contributed by atoms with Crippen molar-refractivity contribution in [2.45, 2.75) is 23.5 Å². The molecule has 2 nitrogen and oxygen atoms in total. The van der Waals surface area contributed by atoms with Gasteiger partial charge in [-0.15, -0.1) is 0 Å². The van der Waals surface area contributed by atoms with Crippen molar-refractivity contribution in [3.8, 4) is 0 Å². The third-order valence-corrected chi connectivity index (χ3v) is 1.39. The van der Waals surface area contributed by atoms with Crippen LogP contribution in [0.3, 0.4) is 0 Å². The quantitative estimate of drug-likeness (QED) is 0.425. The molecule has 0 aliphatic heterocycles. The number of rotatable bonds is 6. The molecule has 0 N–H and O–H groups in total. The van der Waals surface area contributed by atoms with Crippen molar-refractivity contribution in [3.63, 3.8) is 0 Å². The second-order valence-corrected chi connectivity index (χ2v) is 5.55. The van der Waals surface area contributed by atoms with E-state index in [1.165, 1.54) is 0 Å². The third-order valence-electron chi connectivity index (χ3n) is 0.862. The topological polar surface area (TPSA) is 18.5 Å². The Kier molecular flexibility index (Phi) is 8.13. The van der Waals surface area contributed by atoms with E-state index in [1.54, 1.807) is 0 Å². The van der Waals surface area contributed by atoms with Crippen molar-refractivity contribution in [1.82, 2.24) is 0 Å². The van der Waals surface area contributed by atoms with Gasteiger partial charge in [-0.2, -0.15) is 0 Å². The number of hydrogen-bond acceptors (Lipinski definition) is 2. The normalized spacial score (nSPS) is 16.4. The zero-order chi connectivity index (χ0) is 8.69. The number of alkyl halides is 2. The molecule has 0 fully saturated rings. The minimum absolute atomic E-state index is 0.381. The summed E-state index contributed by atoms with van der Waals surface area (Å²) in [5.74, 6) is 0. The van der Waals surface area contributed by atoms with E-state index in [1.807, 2.05) is 13.8 Å². The number of hydrogen-bond donors (Lipinski definition) is 0. The number of halogens is 2. The first kappa shape index (κ1) is 11.9. The van der Waals surface area contributed by atoms with Gasteiger partial charge < -0.3 is 9.47 Å². The Morgan fingerprint density at radius 3 is 1.64 bits per heavy atom. The van der Waals surface area contributed by atoms with Crippen molar-refractivity contribution in [2.24, 2.45) is 0 Å². The highest BCUT2D eigenvalue weighted by molar-refractivity contribution is 9.09. The Morgan fingerprint density at radius 2 is 1.36 bits per heavy atom. The van der Waals surface area contributed by atoms with Crippen LogP contribution in [0.15, 0.2) is 0 Å². The number of ether oxygens (including phenoxy) is 2. The second kappa shape index (κ2) is 7.53. The summed E-state index contributed by atoms with van der Waals surface area (Å²) in [7, 11) is 0. The summed E-state index contributed by atoms with van der Waals surface area (Å²) in [6.45, 7) is 5.83. The Balaban J connectivity index is 2.91. The van der Waals surface area contributed by atoms with E-state index in [0.29, 0.717) is 29.7 Å². The predicted octanol–water partition coefficient (Wildman–Crippen LogP) is 2.54. The fraction of sp³-hybridized carbons (Fsp3) is 1.00. The average Bonchev–Trinajstić information content (AvgIpc) is 1.85. The lowest BCUT2D eigenvalue weighted by atomic mass is 10.5. The molecule has 0 amide bonds. The van der Waals surface area contributed by atoms with Gasteiger partial charge >= 0.3 is 0 Å². The molecular formula is C7H14Br2O2. The minimum atomic E-state index is 0.381. The van der Waals surface area contributed by atoms with E-state index in [0.717, 1.165) is 0 Å². The van der Waals surface area contributed by atoms with Gasteiger partial charge in [-0.05, 0) is 0 Å². The molecule has 0 aromatic heterocycles. The molecule has 0 rings (SSSR count). The van der Waals surface area contributed by atoms with Crippen LogP contribution in [0.2, 0.25) is 0 Å². The van der Waals surface area contributed by atoms with Gasteiger partial charge in [0.25, 0.3) is 0 Å². The van der Waals surface area contributed by atoms with Gasteiger partial charge in [0.15, 0.2) is 0 Å². The molecule has 0 saturated heterocycles. The molecule has 0 aromatic carbocycles. The summed E-state index contributed by atoms with van der Waals surface area (Å²) >= 11 is 6.73. The van der Waals surface area contributed by atoms with Crippen LogP contribution >= 0.6 is 31.9 Å². The molecular weight excluding hydrogens is 276 g/mol. The smallest absolute Gasteiger partial charge is 0.146 e. The van der Waals surface area contributed by atoms with E-state index in [9.17, 15) is 0 Å². The molecule has 0 aliphatic carbocycles. The largest absolute Gasteiger partial charge is 0.354 e. The van der Waals surface area contributed by atoms with Crippen LogP contribution in [-0.4, -0.2) is 29.7 Å². The molecule has 0 saturated carbocycles. The highest BCUT2D eigenvalue weighted by Gasteiger charge is 1.97. The molecule has 11 heavy (non-hydrogen) atoms. The summed E-state index contributed by atoms with van der Waals surface area (Å²) < 4.78 is 10.3. The van der Waals surface area contributed by atoms with E-state index >= 15 is 0 Å². The van der Waals surface area contributed by atoms with Gasteiger partial charge in [0.2, 0.25) is 0 Å². The highest BCUT2D eigenvalue weighted by atomic mass is 79.9. The fourth-order valence-electron chi connectivity index (χ4n) is 0.480. The maximum Gasteiger partial charge on any atom is 0.146 e. The van der Waals surface area contributed by atoms with Crippen molar-refractivity contribution >= 4 is 31.9 Å². The van der Waals surface area contributed by atoms with Crippen LogP contribution in [0.1, 0.15) is 13.8 Å². The van der Waals surface area contributed by atoms with Gasteiger partial charge in [-0.25, -0.2) is 0 Å². The molecule has 0 aromatic rings. The molecule has 2 unspecified atom stereocenters. The van der Waals surface area contributed by atoms with E-state index < -0.39 is 0 Å². The lowest BCUT2D eigenvalue weighted by Gasteiger charge is -2.07. The van der Waals surface area contributed by atoms with Crippen LogP contribution in [0, 0.1) is 0 Å². The first-order valence-corrected chi connectivity index (χ1v) is 5.39. The van der Waals surface area contributed by atoms with E-state index in [-0.39, 0.29) is 0 Å². The van der Waals surface area contributed by atoms with Gasteiger partial charge in [0.1, 0.15) is 6.79 Å². The van der Waals surface area contributed by atoms with Crippen molar-refractivity contribution in [2.75, 3.05) is 20.0 Å². The third kappa shape index (κ3) is 10.9. The lowest BCUT2D eigenvalue weighted by molar-refractivity contribution is -0.0502. The molecule has 0 bridgehead atoms. The lowest BCUT2D eigenvalue weighted by Crippen LogP contribution is -2.11. The summed E-state index contributed by atoms with van der Waals surface area (Å²) in [4.78, 5) is 0.792. The summed E-state index contributed by atoms with van der Waals surface area (Å²) in [6, 6.07) is 0. The van der Waals surface area contributed by atoms with Crippen LogP contribution in [0.4, 0.5) is 0 Å². The Morgan fingerprint density at radius 1 is 1.00 bits per heavy atom. The second-order valence-electron chi connectivity index (χ2n) is 2.42. The summed E-state index contributed by atoms with van der Waals surface area (Å²) in [6.07, 6.45) is 0. The molecule has 4 heteroatoms. The monoisotopic (exact) mass is 288 g/mol. The minimum Gasteiger partial charge on any atom is -0.354 e. The van der Waals surface area contributed by atoms with Crippen molar-refractivity contribution in [1.29, 1.82) is 0 Å². The van der Waals surface area contributed by atoms with Crippen LogP contribution in [0.5, 0.6) is 0 Å². The van der Waals surface area contributed by atoms with Crippen LogP contribution in [-0.2, 0) is 9.47 Å². The van der Waals surface area contributed by atoms with Crippen LogP contribution < -0.4 is 0 Å². The SMILES string of the molecule is CC(Br)COCOCC(C)Br. The van der Waals surface area contributed by atoms with E-state index in [2.05, 4.69) is 31.9 Å². The molecule has 0 aliphatic rings. The predicted molar refractivity (Wildman–Crippen MR) is 53.5 cm³/mol. The van der Waals surface area contributed by atoms with Gasteiger partial charge in [-0.1, -0.05) is 45.7 Å². The van der Waals surface area contributed by atoms with Crippen molar-refractivity contribution in [3.05, 3.63) is 0 Å². The molecule has 0 radical (unpaired) electrons. The van der Waals surface area contributed by atoms with Crippen LogP contribution in [0.25, 0.3) is 0 Å². The van der Waals surface area contributed by atoms with Gasteiger partial charge in [0.05, 0.1) is 13.2 Å². The summed E-state index contributed by atoms with van der Waals surface area (Å²) in [5, 5.41) is 0. The summed E-state index contributed by atoms with van der Waals surface area (Å²) in [5.41, 5.74) is 0. The molecule has 0 spiro atoms. The van der Waals surface area contributed by atoms with Gasteiger partial charge in [0, 0.05) is 9.65 Å². The first-order valence-electron chi connectivity index (χ1n) is 3.56. The zero-order valence-corrected chi connectivity index (χ0v) is 10.0. The maximum atomic E-state index is 5.16. The standard InChI is InChI=1S/C7H14Br2O2/c1-6(8)3-10-5-11-4-7(2)9/h6-7H,3-5H2,1-2H3. The average molecular weight is 290 g/mol. The van der Waals surface area contributed by atoms with Crippen molar-refractivity contribution < 1.29 is 9.47 Å². The zero-order valence-electron chi connectivity index (χ0n) is 6.85. The fourth-order valence-corrected chi connectivity index (χ4v) is 0.854. The Hall–Kier alpha value is 0.880. The Labute approximate surface area is 84.9 Å². The maximum absolute atomic E-state index is 5.16. The first-order chi connectivity index (χ1) is 5.13. The Bertz CT molecular complexity index is 76.5. The molecule has 0 heterocycles.